The molecule has 0 amide bonds. The smallest absolute Gasteiger partial charge is 0.0554 e. The lowest BCUT2D eigenvalue weighted by Crippen LogP contribution is -2.52. The van der Waals surface area contributed by atoms with Crippen molar-refractivity contribution in [2.24, 2.45) is 5.41 Å². The minimum atomic E-state index is 0.422. The monoisotopic (exact) mass is 183 g/mol. The molecule has 1 saturated heterocycles. The van der Waals surface area contributed by atoms with Crippen LogP contribution in [0.4, 0.5) is 0 Å². The lowest BCUT2D eigenvalue weighted by Gasteiger charge is -2.41. The highest BCUT2D eigenvalue weighted by Crippen LogP contribution is 2.31. The van der Waals surface area contributed by atoms with E-state index in [0.29, 0.717) is 11.0 Å². The summed E-state index contributed by atoms with van der Waals surface area (Å²) in [4.78, 5) is 0. The molecule has 1 heterocycles. The van der Waals surface area contributed by atoms with Crippen LogP contribution in [0.3, 0.4) is 0 Å². The number of nitrogens with one attached hydrogen (secondary N) is 1. The molecule has 2 heteroatoms. The first kappa shape index (κ1) is 9.47. The van der Waals surface area contributed by atoms with E-state index in [4.69, 9.17) is 4.74 Å². The second kappa shape index (κ2) is 3.25. The third-order valence-electron chi connectivity index (χ3n) is 3.55. The second-order valence-electron chi connectivity index (χ2n) is 5.42. The van der Waals surface area contributed by atoms with Gasteiger partial charge in [-0.15, -0.1) is 0 Å². The average molecular weight is 183 g/mol. The molecular formula is C11H21NO. The van der Waals surface area contributed by atoms with Crippen LogP contribution in [0.5, 0.6) is 0 Å². The molecule has 2 nitrogen and oxygen atoms in total. The van der Waals surface area contributed by atoms with Gasteiger partial charge in [-0.05, 0) is 19.8 Å². The highest BCUT2D eigenvalue weighted by molar-refractivity contribution is 4.92. The van der Waals surface area contributed by atoms with Gasteiger partial charge in [0.25, 0.3) is 0 Å². The van der Waals surface area contributed by atoms with Gasteiger partial charge in [0.05, 0.1) is 13.2 Å². The molecule has 1 aliphatic heterocycles. The summed E-state index contributed by atoms with van der Waals surface area (Å²) in [5.74, 6) is 0. The van der Waals surface area contributed by atoms with Gasteiger partial charge in [0.2, 0.25) is 0 Å². The number of rotatable bonds is 3. The summed E-state index contributed by atoms with van der Waals surface area (Å²) in [6, 6.07) is 0. The van der Waals surface area contributed by atoms with E-state index in [2.05, 4.69) is 19.2 Å². The topological polar surface area (TPSA) is 21.3 Å². The molecule has 2 aliphatic rings. The molecule has 2 rings (SSSR count). The molecule has 0 spiro atoms. The quantitative estimate of drug-likeness (QED) is 0.722. The van der Waals surface area contributed by atoms with Crippen molar-refractivity contribution in [3.05, 3.63) is 0 Å². The standard InChI is InChI=1S/C11H21NO/c1-10(8-13-9-10)7-12-11(2)5-3-4-6-11/h12H,3-9H2,1-2H3. The zero-order valence-electron chi connectivity index (χ0n) is 8.86. The normalized spacial score (nSPS) is 30.0. The Morgan fingerprint density at radius 2 is 1.77 bits per heavy atom. The van der Waals surface area contributed by atoms with Crippen molar-refractivity contribution in [2.75, 3.05) is 19.8 Å². The number of hydrogen-bond donors (Lipinski definition) is 1. The van der Waals surface area contributed by atoms with E-state index >= 15 is 0 Å². The van der Waals surface area contributed by atoms with E-state index in [1.165, 1.54) is 25.7 Å². The van der Waals surface area contributed by atoms with E-state index in [1.807, 2.05) is 0 Å². The zero-order chi connectivity index (χ0) is 9.36. The summed E-state index contributed by atoms with van der Waals surface area (Å²) in [5.41, 5.74) is 0.851. The summed E-state index contributed by atoms with van der Waals surface area (Å²) in [5, 5.41) is 3.72. The highest BCUT2D eigenvalue weighted by Gasteiger charge is 2.36. The fraction of sp³-hybridized carbons (Fsp3) is 1.00. The fourth-order valence-electron chi connectivity index (χ4n) is 2.31. The van der Waals surface area contributed by atoms with E-state index in [9.17, 15) is 0 Å². The summed E-state index contributed by atoms with van der Waals surface area (Å²) < 4.78 is 5.25. The Kier molecular flexibility index (Phi) is 2.37. The molecule has 0 aromatic heterocycles. The Bertz CT molecular complexity index is 181. The Balaban J connectivity index is 1.77. The minimum absolute atomic E-state index is 0.422. The molecule has 1 N–H and O–H groups in total. The zero-order valence-corrected chi connectivity index (χ0v) is 8.86. The van der Waals surface area contributed by atoms with Crippen LogP contribution >= 0.6 is 0 Å². The van der Waals surface area contributed by atoms with Crippen LogP contribution in [-0.2, 0) is 4.74 Å². The Morgan fingerprint density at radius 3 is 2.23 bits per heavy atom. The molecule has 0 aromatic rings. The first-order valence-corrected chi connectivity index (χ1v) is 5.45. The van der Waals surface area contributed by atoms with Crippen molar-refractivity contribution in [1.82, 2.24) is 5.32 Å². The van der Waals surface area contributed by atoms with Gasteiger partial charge >= 0.3 is 0 Å². The molecule has 0 radical (unpaired) electrons. The molecule has 2 fully saturated rings. The first-order chi connectivity index (χ1) is 6.12. The van der Waals surface area contributed by atoms with Crippen LogP contribution in [0.1, 0.15) is 39.5 Å². The molecule has 0 unspecified atom stereocenters. The number of ether oxygens (including phenoxy) is 1. The summed E-state index contributed by atoms with van der Waals surface area (Å²) in [7, 11) is 0. The number of hydrogen-bond acceptors (Lipinski definition) is 2. The van der Waals surface area contributed by atoms with Gasteiger partial charge in [0.15, 0.2) is 0 Å². The van der Waals surface area contributed by atoms with Crippen LogP contribution in [0.25, 0.3) is 0 Å². The van der Waals surface area contributed by atoms with Crippen molar-refractivity contribution in [1.29, 1.82) is 0 Å². The molecule has 76 valence electrons. The largest absolute Gasteiger partial charge is 0.380 e. The minimum Gasteiger partial charge on any atom is -0.380 e. The van der Waals surface area contributed by atoms with Crippen LogP contribution < -0.4 is 5.32 Å². The molecule has 13 heavy (non-hydrogen) atoms. The van der Waals surface area contributed by atoms with Crippen molar-refractivity contribution >= 4 is 0 Å². The SMILES string of the molecule is CC1(CNC2(C)CCCC2)COC1. The molecule has 1 aliphatic carbocycles. The fourth-order valence-corrected chi connectivity index (χ4v) is 2.31. The van der Waals surface area contributed by atoms with Crippen LogP contribution in [0.15, 0.2) is 0 Å². The molecular weight excluding hydrogens is 162 g/mol. The van der Waals surface area contributed by atoms with E-state index in [-0.39, 0.29) is 0 Å². The predicted molar refractivity (Wildman–Crippen MR) is 53.8 cm³/mol. The summed E-state index contributed by atoms with van der Waals surface area (Å²) in [6.45, 7) is 7.68. The maximum atomic E-state index is 5.25. The van der Waals surface area contributed by atoms with E-state index in [0.717, 1.165) is 19.8 Å². The van der Waals surface area contributed by atoms with E-state index < -0.39 is 0 Å². The summed E-state index contributed by atoms with van der Waals surface area (Å²) in [6.07, 6.45) is 5.50. The third kappa shape index (κ3) is 2.05. The lowest BCUT2D eigenvalue weighted by atomic mass is 9.87. The van der Waals surface area contributed by atoms with Gasteiger partial charge in [-0.2, -0.15) is 0 Å². The van der Waals surface area contributed by atoms with Gasteiger partial charge in [-0.25, -0.2) is 0 Å². The molecule has 0 atom stereocenters. The van der Waals surface area contributed by atoms with Crippen molar-refractivity contribution in [3.8, 4) is 0 Å². The third-order valence-corrected chi connectivity index (χ3v) is 3.55. The van der Waals surface area contributed by atoms with Crippen LogP contribution in [0, 0.1) is 5.41 Å². The van der Waals surface area contributed by atoms with Crippen molar-refractivity contribution < 1.29 is 4.74 Å². The summed E-state index contributed by atoms with van der Waals surface area (Å²) >= 11 is 0. The highest BCUT2D eigenvalue weighted by atomic mass is 16.5. The first-order valence-electron chi connectivity index (χ1n) is 5.45. The average Bonchev–Trinajstić information content (AvgIpc) is 2.46. The predicted octanol–water partition coefficient (Wildman–Crippen LogP) is 1.95. The van der Waals surface area contributed by atoms with Gasteiger partial charge in [0.1, 0.15) is 0 Å². The van der Waals surface area contributed by atoms with Gasteiger partial charge in [-0.3, -0.25) is 0 Å². The maximum Gasteiger partial charge on any atom is 0.0554 e. The van der Waals surface area contributed by atoms with Gasteiger partial charge in [0, 0.05) is 17.5 Å². The van der Waals surface area contributed by atoms with Crippen LogP contribution in [-0.4, -0.2) is 25.3 Å². The van der Waals surface area contributed by atoms with Crippen molar-refractivity contribution in [2.45, 2.75) is 45.1 Å². The Hall–Kier alpha value is -0.0800. The molecule has 1 saturated carbocycles. The Labute approximate surface area is 81.0 Å². The molecule has 0 bridgehead atoms. The Morgan fingerprint density at radius 1 is 1.15 bits per heavy atom. The lowest BCUT2D eigenvalue weighted by molar-refractivity contribution is -0.102. The van der Waals surface area contributed by atoms with Gasteiger partial charge < -0.3 is 10.1 Å². The van der Waals surface area contributed by atoms with Gasteiger partial charge in [-0.1, -0.05) is 19.8 Å². The van der Waals surface area contributed by atoms with Crippen molar-refractivity contribution in [3.63, 3.8) is 0 Å². The maximum absolute atomic E-state index is 5.25. The van der Waals surface area contributed by atoms with E-state index in [1.54, 1.807) is 0 Å². The van der Waals surface area contributed by atoms with Crippen LogP contribution in [0.2, 0.25) is 0 Å². The molecule has 0 aromatic carbocycles. The second-order valence-corrected chi connectivity index (χ2v) is 5.42.